The second kappa shape index (κ2) is 7.79. The number of benzene rings is 2. The first kappa shape index (κ1) is 17.6. The Morgan fingerprint density at radius 2 is 2.00 bits per heavy atom. The minimum absolute atomic E-state index is 0.0558. The molecule has 3 rings (SSSR count). The number of non-ortho nitro benzene ring substituents is 1. The number of hydrogen-bond donors (Lipinski definition) is 1. The number of halogens is 1. The van der Waals surface area contributed by atoms with Crippen molar-refractivity contribution in [2.45, 2.75) is 6.42 Å². The number of aromatic nitrogens is 2. The largest absolute Gasteiger partial charge is 0.352 e. The maximum absolute atomic E-state index is 12.2. The minimum atomic E-state index is -0.555. The summed E-state index contributed by atoms with van der Waals surface area (Å²) >= 11 is 5.96. The molecule has 0 saturated carbocycles. The number of nitro benzene ring substituents is 1. The molecule has 0 fully saturated rings. The van der Waals surface area contributed by atoms with Crippen LogP contribution < -0.4 is 5.32 Å². The number of carbonyl (C=O) groups is 1. The summed E-state index contributed by atoms with van der Waals surface area (Å²) < 4.78 is 1.77. The molecule has 0 saturated heterocycles. The zero-order chi connectivity index (χ0) is 18.5. The molecule has 0 unspecified atom stereocenters. The summed E-state index contributed by atoms with van der Waals surface area (Å²) in [6.45, 7) is 0.424. The van der Waals surface area contributed by atoms with Gasteiger partial charge in [-0.25, -0.2) is 4.68 Å². The topological polar surface area (TPSA) is 90.1 Å². The van der Waals surface area contributed by atoms with Crippen LogP contribution in [0.1, 0.15) is 15.9 Å². The highest BCUT2D eigenvalue weighted by Gasteiger charge is 2.14. The number of rotatable bonds is 6. The van der Waals surface area contributed by atoms with E-state index in [9.17, 15) is 14.9 Å². The Hall–Kier alpha value is -3.19. The van der Waals surface area contributed by atoms with Gasteiger partial charge in [-0.15, -0.1) is 0 Å². The zero-order valence-corrected chi connectivity index (χ0v) is 14.4. The number of nitrogens with zero attached hydrogens (tertiary/aromatic N) is 3. The fraction of sp³-hybridized carbons (Fsp3) is 0.111. The summed E-state index contributed by atoms with van der Waals surface area (Å²) in [5, 5.41) is 17.7. The molecule has 132 valence electrons. The Kier molecular flexibility index (Phi) is 5.28. The summed E-state index contributed by atoms with van der Waals surface area (Å²) in [6, 6.07) is 13.5. The van der Waals surface area contributed by atoms with Crippen molar-refractivity contribution < 1.29 is 9.72 Å². The molecule has 0 aliphatic rings. The lowest BCUT2D eigenvalue weighted by Crippen LogP contribution is -2.26. The van der Waals surface area contributed by atoms with Crippen molar-refractivity contribution in [3.8, 4) is 5.69 Å². The second-order valence-electron chi connectivity index (χ2n) is 5.54. The van der Waals surface area contributed by atoms with Crippen LogP contribution in [0, 0.1) is 10.1 Å². The van der Waals surface area contributed by atoms with Crippen LogP contribution in [0.15, 0.2) is 60.9 Å². The average Bonchev–Trinajstić information content (AvgIpc) is 3.16. The van der Waals surface area contributed by atoms with E-state index >= 15 is 0 Å². The molecule has 2 aromatic carbocycles. The first-order valence-electron chi connectivity index (χ1n) is 7.86. The number of nitro groups is 1. The molecule has 1 N–H and O–H groups in total. The molecule has 0 radical (unpaired) electrons. The van der Waals surface area contributed by atoms with Crippen LogP contribution >= 0.6 is 11.6 Å². The Bertz CT molecular complexity index is 924. The molecular formula is C18H15ClN4O3. The van der Waals surface area contributed by atoms with Gasteiger partial charge in [-0.1, -0.05) is 23.7 Å². The van der Waals surface area contributed by atoms with E-state index in [1.54, 1.807) is 10.9 Å². The predicted molar refractivity (Wildman–Crippen MR) is 97.7 cm³/mol. The second-order valence-corrected chi connectivity index (χ2v) is 5.95. The van der Waals surface area contributed by atoms with E-state index in [1.165, 1.54) is 18.2 Å². The van der Waals surface area contributed by atoms with Gasteiger partial charge < -0.3 is 5.32 Å². The lowest BCUT2D eigenvalue weighted by atomic mass is 10.1. The van der Waals surface area contributed by atoms with E-state index in [1.807, 2.05) is 36.5 Å². The molecule has 26 heavy (non-hydrogen) atoms. The maximum atomic E-state index is 12.2. The highest BCUT2D eigenvalue weighted by atomic mass is 35.5. The van der Waals surface area contributed by atoms with Crippen LogP contribution in [0.2, 0.25) is 5.02 Å². The number of hydrogen-bond acceptors (Lipinski definition) is 4. The molecule has 8 heteroatoms. The Balaban J connectivity index is 1.56. The number of amides is 1. The summed E-state index contributed by atoms with van der Waals surface area (Å²) in [6.07, 6.45) is 4.23. The predicted octanol–water partition coefficient (Wildman–Crippen LogP) is 3.41. The van der Waals surface area contributed by atoms with Gasteiger partial charge in [0.05, 0.1) is 21.2 Å². The molecule has 0 aliphatic heterocycles. The van der Waals surface area contributed by atoms with E-state index in [4.69, 9.17) is 11.6 Å². The lowest BCUT2D eigenvalue weighted by molar-refractivity contribution is -0.384. The van der Waals surface area contributed by atoms with Crippen molar-refractivity contribution in [1.82, 2.24) is 15.1 Å². The third-order valence-electron chi connectivity index (χ3n) is 3.81. The molecule has 0 aliphatic carbocycles. The van der Waals surface area contributed by atoms with Gasteiger partial charge in [-0.2, -0.15) is 5.10 Å². The number of carbonyl (C=O) groups excluding carboxylic acids is 1. The van der Waals surface area contributed by atoms with Gasteiger partial charge in [0.2, 0.25) is 0 Å². The van der Waals surface area contributed by atoms with Gasteiger partial charge in [0, 0.05) is 31.1 Å². The maximum Gasteiger partial charge on any atom is 0.270 e. The average molecular weight is 371 g/mol. The molecule has 1 aromatic heterocycles. The van der Waals surface area contributed by atoms with E-state index in [2.05, 4.69) is 10.4 Å². The fourth-order valence-electron chi connectivity index (χ4n) is 2.45. The van der Waals surface area contributed by atoms with Gasteiger partial charge in [-0.05, 0) is 36.2 Å². The smallest absolute Gasteiger partial charge is 0.270 e. The van der Waals surface area contributed by atoms with Gasteiger partial charge >= 0.3 is 0 Å². The van der Waals surface area contributed by atoms with Gasteiger partial charge in [-0.3, -0.25) is 14.9 Å². The van der Waals surface area contributed by atoms with Crippen molar-refractivity contribution in [2.24, 2.45) is 0 Å². The van der Waals surface area contributed by atoms with E-state index < -0.39 is 4.92 Å². The molecule has 7 nitrogen and oxygen atoms in total. The SMILES string of the molecule is O=C(NCCc1ccc(-n2cccn2)cc1)c1ccc([N+](=O)[O-])cc1Cl. The minimum Gasteiger partial charge on any atom is -0.352 e. The molecule has 0 atom stereocenters. The summed E-state index contributed by atoms with van der Waals surface area (Å²) in [5.41, 5.74) is 2.09. The standard InChI is InChI=1S/C18H15ClN4O3/c19-17-12-15(23(25)26)6-7-16(17)18(24)20-10-8-13-2-4-14(5-3-13)22-11-1-9-21-22/h1-7,9,11-12H,8,10H2,(H,20,24). The van der Waals surface area contributed by atoms with Crippen LogP contribution in [0.25, 0.3) is 5.69 Å². The number of nitrogens with one attached hydrogen (secondary N) is 1. The highest BCUT2D eigenvalue weighted by Crippen LogP contribution is 2.22. The van der Waals surface area contributed by atoms with Crippen LogP contribution in [0.3, 0.4) is 0 Å². The van der Waals surface area contributed by atoms with E-state index in [-0.39, 0.29) is 22.2 Å². The highest BCUT2D eigenvalue weighted by molar-refractivity contribution is 6.34. The Morgan fingerprint density at radius 3 is 2.62 bits per heavy atom. The third kappa shape index (κ3) is 4.07. The Morgan fingerprint density at radius 1 is 1.23 bits per heavy atom. The molecule has 1 heterocycles. The monoisotopic (exact) mass is 370 g/mol. The van der Waals surface area contributed by atoms with Crippen LogP contribution in [0.4, 0.5) is 5.69 Å². The molecule has 0 bridgehead atoms. The van der Waals surface area contributed by atoms with Crippen molar-refractivity contribution in [1.29, 1.82) is 0 Å². The molecule has 1 amide bonds. The molecule has 3 aromatic rings. The van der Waals surface area contributed by atoms with Gasteiger partial charge in [0.25, 0.3) is 11.6 Å². The third-order valence-corrected chi connectivity index (χ3v) is 4.13. The lowest BCUT2D eigenvalue weighted by Gasteiger charge is -2.08. The van der Waals surface area contributed by atoms with Crippen molar-refractivity contribution in [3.05, 3.63) is 87.2 Å². The molecule has 0 spiro atoms. The summed E-state index contributed by atoms with van der Waals surface area (Å²) in [4.78, 5) is 22.3. The van der Waals surface area contributed by atoms with E-state index in [0.717, 1.165) is 11.3 Å². The summed E-state index contributed by atoms with van der Waals surface area (Å²) in [7, 11) is 0. The van der Waals surface area contributed by atoms with Crippen molar-refractivity contribution in [3.63, 3.8) is 0 Å². The van der Waals surface area contributed by atoms with Crippen LogP contribution in [-0.4, -0.2) is 27.2 Å². The first-order valence-corrected chi connectivity index (χ1v) is 8.23. The van der Waals surface area contributed by atoms with Gasteiger partial charge in [0.15, 0.2) is 0 Å². The van der Waals surface area contributed by atoms with Crippen molar-refractivity contribution in [2.75, 3.05) is 6.54 Å². The zero-order valence-electron chi connectivity index (χ0n) is 13.6. The van der Waals surface area contributed by atoms with Crippen molar-refractivity contribution >= 4 is 23.2 Å². The normalized spacial score (nSPS) is 10.5. The van der Waals surface area contributed by atoms with Gasteiger partial charge in [0.1, 0.15) is 0 Å². The van der Waals surface area contributed by atoms with E-state index in [0.29, 0.717) is 13.0 Å². The fourth-order valence-corrected chi connectivity index (χ4v) is 2.71. The molecular weight excluding hydrogens is 356 g/mol. The van der Waals surface area contributed by atoms with Crippen LogP contribution in [-0.2, 0) is 6.42 Å². The first-order chi connectivity index (χ1) is 12.5. The Labute approximate surface area is 154 Å². The quantitative estimate of drug-likeness (QED) is 0.531. The van der Waals surface area contributed by atoms with Crippen LogP contribution in [0.5, 0.6) is 0 Å². The summed E-state index contributed by atoms with van der Waals surface area (Å²) in [5.74, 6) is -0.363.